The lowest BCUT2D eigenvalue weighted by Crippen LogP contribution is -2.20. The fourth-order valence-corrected chi connectivity index (χ4v) is 1.89. The van der Waals surface area contributed by atoms with E-state index in [4.69, 9.17) is 0 Å². The molecule has 23 heavy (non-hydrogen) atoms. The maximum absolute atomic E-state index is 12.4. The number of halogens is 3. The molecule has 0 aliphatic carbocycles. The molecule has 7 nitrogen and oxygen atoms in total. The topological polar surface area (TPSA) is 90.1 Å². The van der Waals surface area contributed by atoms with Gasteiger partial charge in [-0.15, -0.1) is 0 Å². The summed E-state index contributed by atoms with van der Waals surface area (Å²) in [7, 11) is 0. The molecule has 1 N–H and O–H groups in total. The zero-order chi connectivity index (χ0) is 17.2. The van der Waals surface area contributed by atoms with Gasteiger partial charge in [0.25, 0.3) is 5.69 Å². The summed E-state index contributed by atoms with van der Waals surface area (Å²) in [5, 5.41) is 16.5. The second-order valence-corrected chi connectivity index (χ2v) is 4.65. The van der Waals surface area contributed by atoms with Crippen molar-refractivity contribution in [2.75, 3.05) is 5.32 Å². The van der Waals surface area contributed by atoms with E-state index in [9.17, 15) is 28.1 Å². The number of carbonyl (C=O) groups excluding carboxylic acids is 1. The first kappa shape index (κ1) is 16.5. The van der Waals surface area contributed by atoms with Crippen LogP contribution in [-0.2, 0) is 17.5 Å². The van der Waals surface area contributed by atoms with Crippen LogP contribution in [0.2, 0.25) is 0 Å². The molecule has 0 aliphatic heterocycles. The lowest BCUT2D eigenvalue weighted by atomic mass is 10.1. The Kier molecular flexibility index (Phi) is 4.34. The zero-order valence-corrected chi connectivity index (χ0v) is 11.8. The summed E-state index contributed by atoms with van der Waals surface area (Å²) >= 11 is 0. The van der Waals surface area contributed by atoms with Crippen LogP contribution >= 0.6 is 0 Å². The molecule has 0 bridgehead atoms. The van der Waals surface area contributed by atoms with Gasteiger partial charge in [0.2, 0.25) is 5.91 Å². The third kappa shape index (κ3) is 3.84. The van der Waals surface area contributed by atoms with Gasteiger partial charge in [0.15, 0.2) is 5.69 Å². The van der Waals surface area contributed by atoms with Gasteiger partial charge in [-0.3, -0.25) is 19.6 Å². The molecule has 2 aromatic rings. The van der Waals surface area contributed by atoms with Crippen molar-refractivity contribution in [3.63, 3.8) is 0 Å². The highest BCUT2D eigenvalue weighted by Crippen LogP contribution is 2.27. The number of nitrogens with one attached hydrogen (secondary N) is 1. The molecule has 0 saturated carbocycles. The van der Waals surface area contributed by atoms with Crippen LogP contribution in [0.5, 0.6) is 0 Å². The van der Waals surface area contributed by atoms with E-state index in [2.05, 4.69) is 10.4 Å². The molecule has 1 aromatic heterocycles. The molecule has 0 atom stereocenters. The zero-order valence-electron chi connectivity index (χ0n) is 11.8. The smallest absolute Gasteiger partial charge is 0.324 e. The van der Waals surface area contributed by atoms with Crippen molar-refractivity contribution in [2.24, 2.45) is 0 Å². The summed E-state index contributed by atoms with van der Waals surface area (Å²) in [6, 6.07) is 4.90. The third-order valence-electron chi connectivity index (χ3n) is 3.01. The summed E-state index contributed by atoms with van der Waals surface area (Å²) in [6.07, 6.45) is -3.55. The first-order chi connectivity index (χ1) is 10.7. The van der Waals surface area contributed by atoms with Crippen molar-refractivity contribution in [3.8, 4) is 0 Å². The van der Waals surface area contributed by atoms with Crippen molar-refractivity contribution in [3.05, 3.63) is 51.8 Å². The fraction of sp³-hybridized carbons (Fsp3) is 0.231. The van der Waals surface area contributed by atoms with E-state index >= 15 is 0 Å². The molecular weight excluding hydrogens is 317 g/mol. The Morgan fingerprint density at radius 3 is 2.65 bits per heavy atom. The molecule has 0 spiro atoms. The second-order valence-electron chi connectivity index (χ2n) is 4.65. The Bertz CT molecular complexity index is 755. The molecule has 0 unspecified atom stereocenters. The molecule has 122 valence electrons. The highest BCUT2D eigenvalue weighted by atomic mass is 19.4. The van der Waals surface area contributed by atoms with Crippen LogP contribution in [0.4, 0.5) is 24.5 Å². The van der Waals surface area contributed by atoms with Crippen molar-refractivity contribution >= 4 is 17.3 Å². The SMILES string of the molecule is Cc1c(NC(=O)Cn2ccc(C(F)(F)F)n2)cccc1[N+](=O)[O-]. The molecule has 0 fully saturated rings. The molecule has 0 radical (unpaired) electrons. The van der Waals surface area contributed by atoms with Gasteiger partial charge in [-0.25, -0.2) is 0 Å². The summed E-state index contributed by atoms with van der Waals surface area (Å²) in [5.41, 5.74) is -0.798. The number of alkyl halides is 3. The number of nitrogens with zero attached hydrogens (tertiary/aromatic N) is 3. The number of aromatic nitrogens is 2. The van der Waals surface area contributed by atoms with Crippen LogP contribution in [0.15, 0.2) is 30.5 Å². The second kappa shape index (κ2) is 6.07. The van der Waals surface area contributed by atoms with Gasteiger partial charge in [-0.1, -0.05) is 6.07 Å². The number of nitro groups is 1. The van der Waals surface area contributed by atoms with Crippen molar-refractivity contribution in [1.29, 1.82) is 0 Å². The predicted octanol–water partition coefficient (Wildman–Crippen LogP) is 2.76. The first-order valence-electron chi connectivity index (χ1n) is 6.33. The first-order valence-corrected chi connectivity index (χ1v) is 6.33. The van der Waals surface area contributed by atoms with Gasteiger partial charge >= 0.3 is 6.18 Å². The van der Waals surface area contributed by atoms with E-state index < -0.39 is 29.2 Å². The summed E-state index contributed by atoms with van der Waals surface area (Å²) < 4.78 is 38.1. The number of nitro benzene ring substituents is 1. The molecule has 10 heteroatoms. The average Bonchev–Trinajstić information content (AvgIpc) is 2.89. The number of rotatable bonds is 4. The summed E-state index contributed by atoms with van der Waals surface area (Å²) in [5.74, 6) is -0.648. The maximum Gasteiger partial charge on any atom is 0.435 e. The molecule has 1 aromatic carbocycles. The van der Waals surface area contributed by atoms with Crippen LogP contribution in [-0.4, -0.2) is 20.6 Å². The molecular formula is C13H11F3N4O3. The van der Waals surface area contributed by atoms with Gasteiger partial charge in [0.1, 0.15) is 6.54 Å². The molecule has 1 amide bonds. The quantitative estimate of drug-likeness (QED) is 0.690. The third-order valence-corrected chi connectivity index (χ3v) is 3.01. The van der Waals surface area contributed by atoms with Crippen LogP contribution < -0.4 is 5.32 Å². The maximum atomic E-state index is 12.4. The van der Waals surface area contributed by atoms with Gasteiger partial charge in [0.05, 0.1) is 16.2 Å². The minimum atomic E-state index is -4.58. The number of anilines is 1. The van der Waals surface area contributed by atoms with E-state index in [1.54, 1.807) is 0 Å². The van der Waals surface area contributed by atoms with E-state index in [1.807, 2.05) is 0 Å². The van der Waals surface area contributed by atoms with Crippen molar-refractivity contribution < 1.29 is 22.9 Å². The molecule has 0 saturated heterocycles. The Morgan fingerprint density at radius 2 is 2.09 bits per heavy atom. The van der Waals surface area contributed by atoms with Crippen LogP contribution in [0, 0.1) is 17.0 Å². The van der Waals surface area contributed by atoms with Gasteiger partial charge in [-0.2, -0.15) is 18.3 Å². The standard InChI is InChI=1S/C13H11F3N4O3/c1-8-9(3-2-4-10(8)20(22)23)17-12(21)7-19-6-5-11(18-19)13(14,15)16/h2-6H,7H2,1H3,(H,17,21). The van der Waals surface area contributed by atoms with Gasteiger partial charge in [-0.05, 0) is 19.1 Å². The minimum Gasteiger partial charge on any atom is -0.324 e. The van der Waals surface area contributed by atoms with Crippen LogP contribution in [0.25, 0.3) is 0 Å². The largest absolute Gasteiger partial charge is 0.435 e. The highest BCUT2D eigenvalue weighted by Gasteiger charge is 2.33. The van der Waals surface area contributed by atoms with E-state index in [-0.39, 0.29) is 16.9 Å². The number of benzene rings is 1. The van der Waals surface area contributed by atoms with Crippen molar-refractivity contribution in [1.82, 2.24) is 9.78 Å². The number of amides is 1. The van der Waals surface area contributed by atoms with Crippen LogP contribution in [0.3, 0.4) is 0 Å². The molecule has 0 aliphatic rings. The number of carbonyl (C=O) groups is 1. The molecule has 2 rings (SSSR count). The number of hydrogen-bond acceptors (Lipinski definition) is 4. The average molecular weight is 328 g/mol. The summed E-state index contributed by atoms with van der Waals surface area (Å²) in [6.45, 7) is 1.02. The minimum absolute atomic E-state index is 0.166. The highest BCUT2D eigenvalue weighted by molar-refractivity contribution is 5.91. The Hall–Kier alpha value is -2.91. The Labute approximate surface area is 127 Å². The lowest BCUT2D eigenvalue weighted by Gasteiger charge is -2.08. The van der Waals surface area contributed by atoms with E-state index in [0.717, 1.165) is 16.9 Å². The lowest BCUT2D eigenvalue weighted by molar-refractivity contribution is -0.385. The van der Waals surface area contributed by atoms with E-state index in [0.29, 0.717) is 0 Å². The molecule has 1 heterocycles. The fourth-order valence-electron chi connectivity index (χ4n) is 1.89. The van der Waals surface area contributed by atoms with Crippen molar-refractivity contribution in [2.45, 2.75) is 19.6 Å². The number of hydrogen-bond donors (Lipinski definition) is 1. The van der Waals surface area contributed by atoms with Gasteiger partial charge in [0, 0.05) is 12.3 Å². The summed E-state index contributed by atoms with van der Waals surface area (Å²) in [4.78, 5) is 22.1. The Balaban J connectivity index is 2.10. The normalized spacial score (nSPS) is 11.3. The monoisotopic (exact) mass is 328 g/mol. The van der Waals surface area contributed by atoms with E-state index in [1.165, 1.54) is 25.1 Å². The predicted molar refractivity (Wildman–Crippen MR) is 73.7 cm³/mol. The Morgan fingerprint density at radius 1 is 1.39 bits per heavy atom. The van der Waals surface area contributed by atoms with Crippen LogP contribution in [0.1, 0.15) is 11.3 Å². The van der Waals surface area contributed by atoms with Gasteiger partial charge < -0.3 is 5.32 Å².